The second kappa shape index (κ2) is 7.40. The molecule has 21 heavy (non-hydrogen) atoms. The molecule has 7 nitrogen and oxygen atoms in total. The van der Waals surface area contributed by atoms with Gasteiger partial charge in [0, 0.05) is 26.6 Å². The summed E-state index contributed by atoms with van der Waals surface area (Å²) in [4.78, 5) is 37.0. The van der Waals surface area contributed by atoms with Crippen LogP contribution in [0.3, 0.4) is 0 Å². The van der Waals surface area contributed by atoms with E-state index in [0.717, 1.165) is 0 Å². The molecule has 0 aromatic heterocycles. The highest BCUT2D eigenvalue weighted by molar-refractivity contribution is 5.92. The molecule has 1 unspecified atom stereocenters. The smallest absolute Gasteiger partial charge is 0.329 e. The van der Waals surface area contributed by atoms with Crippen LogP contribution >= 0.6 is 0 Å². The maximum Gasteiger partial charge on any atom is 0.329 e. The number of carbonyl (C=O) groups is 3. The summed E-state index contributed by atoms with van der Waals surface area (Å²) < 4.78 is 4.92. The zero-order valence-corrected chi connectivity index (χ0v) is 12.8. The van der Waals surface area contributed by atoms with Crippen molar-refractivity contribution in [3.05, 3.63) is 0 Å². The second-order valence-corrected chi connectivity index (χ2v) is 5.32. The summed E-state index contributed by atoms with van der Waals surface area (Å²) >= 11 is 0. The predicted molar refractivity (Wildman–Crippen MR) is 75.7 cm³/mol. The molecule has 1 rings (SSSR count). The topological polar surface area (TPSA) is 95.9 Å². The van der Waals surface area contributed by atoms with Crippen molar-refractivity contribution in [2.24, 2.45) is 5.92 Å². The van der Waals surface area contributed by atoms with Crippen LogP contribution in [0.4, 0.5) is 0 Å². The Bertz CT molecular complexity index is 406. The van der Waals surface area contributed by atoms with Crippen LogP contribution in [-0.2, 0) is 19.1 Å². The summed E-state index contributed by atoms with van der Waals surface area (Å²) in [6.45, 7) is 4.64. The summed E-state index contributed by atoms with van der Waals surface area (Å²) in [6.07, 6.45) is 0.732. The fourth-order valence-corrected chi connectivity index (χ4v) is 2.49. The van der Waals surface area contributed by atoms with E-state index in [4.69, 9.17) is 4.74 Å². The molecule has 0 spiro atoms. The van der Waals surface area contributed by atoms with Crippen LogP contribution in [0.5, 0.6) is 0 Å². The van der Waals surface area contributed by atoms with E-state index in [1.54, 1.807) is 25.9 Å². The Kier molecular flexibility index (Phi) is 6.14. The highest BCUT2D eigenvalue weighted by atomic mass is 16.5. The number of nitrogens with one attached hydrogen (secondary N) is 1. The van der Waals surface area contributed by atoms with Gasteiger partial charge in [-0.2, -0.15) is 0 Å². The van der Waals surface area contributed by atoms with Crippen molar-refractivity contribution >= 4 is 17.8 Å². The van der Waals surface area contributed by atoms with Gasteiger partial charge in [-0.1, -0.05) is 13.8 Å². The Morgan fingerprint density at radius 1 is 1.43 bits per heavy atom. The van der Waals surface area contributed by atoms with Crippen LogP contribution in [0.25, 0.3) is 0 Å². The number of methoxy groups -OCH3 is 1. The molecule has 1 atom stereocenters. The van der Waals surface area contributed by atoms with Crippen LogP contribution in [0, 0.1) is 5.92 Å². The molecule has 0 radical (unpaired) electrons. The van der Waals surface area contributed by atoms with Crippen LogP contribution in [0.1, 0.15) is 33.1 Å². The Hall–Kier alpha value is -1.63. The molecule has 2 amide bonds. The summed E-state index contributed by atoms with van der Waals surface area (Å²) in [7, 11) is 1.55. The number of carbonyl (C=O) groups excluding carboxylic acids is 2. The van der Waals surface area contributed by atoms with E-state index in [9.17, 15) is 19.5 Å². The maximum absolute atomic E-state index is 12.3. The van der Waals surface area contributed by atoms with Crippen molar-refractivity contribution in [1.82, 2.24) is 10.2 Å². The molecule has 0 aromatic carbocycles. The first-order chi connectivity index (χ1) is 9.90. The molecule has 120 valence electrons. The van der Waals surface area contributed by atoms with Crippen LogP contribution in [-0.4, -0.2) is 60.1 Å². The fourth-order valence-electron chi connectivity index (χ4n) is 2.49. The van der Waals surface area contributed by atoms with Gasteiger partial charge in [0.05, 0.1) is 12.5 Å². The van der Waals surface area contributed by atoms with E-state index in [-0.39, 0.29) is 18.2 Å². The zero-order valence-electron chi connectivity index (χ0n) is 12.8. The number of hydrogen-bond acceptors (Lipinski definition) is 4. The van der Waals surface area contributed by atoms with E-state index in [1.807, 2.05) is 0 Å². The number of aliphatic carboxylic acids is 1. The second-order valence-electron chi connectivity index (χ2n) is 5.32. The first-order valence-electron chi connectivity index (χ1n) is 7.22. The fraction of sp³-hybridized carbons (Fsp3) is 0.786. The monoisotopic (exact) mass is 300 g/mol. The van der Waals surface area contributed by atoms with Gasteiger partial charge in [0.1, 0.15) is 5.54 Å². The molecular weight excluding hydrogens is 276 g/mol. The molecular formula is C14H24N2O5. The van der Waals surface area contributed by atoms with E-state index < -0.39 is 17.4 Å². The normalized spacial score (nSPS) is 18.9. The van der Waals surface area contributed by atoms with Gasteiger partial charge in [0.2, 0.25) is 11.8 Å². The van der Waals surface area contributed by atoms with E-state index in [2.05, 4.69) is 5.32 Å². The third kappa shape index (κ3) is 3.93. The lowest BCUT2D eigenvalue weighted by Crippen LogP contribution is -2.55. The Balaban J connectivity index is 2.68. The number of ether oxygens (including phenoxy) is 1. The third-order valence-electron chi connectivity index (χ3n) is 4.13. The highest BCUT2D eigenvalue weighted by Crippen LogP contribution is 2.21. The van der Waals surface area contributed by atoms with Crippen LogP contribution in [0.2, 0.25) is 0 Å². The quantitative estimate of drug-likeness (QED) is 0.669. The van der Waals surface area contributed by atoms with Crippen molar-refractivity contribution in [2.75, 3.05) is 26.8 Å². The van der Waals surface area contributed by atoms with Gasteiger partial charge in [0.25, 0.3) is 0 Å². The van der Waals surface area contributed by atoms with Gasteiger partial charge >= 0.3 is 5.97 Å². The molecule has 1 heterocycles. The summed E-state index contributed by atoms with van der Waals surface area (Å²) in [5, 5.41) is 11.9. The lowest BCUT2D eigenvalue weighted by Gasteiger charge is -2.29. The van der Waals surface area contributed by atoms with Crippen molar-refractivity contribution in [3.8, 4) is 0 Å². The molecule has 0 bridgehead atoms. The molecule has 1 fully saturated rings. The number of nitrogens with zero attached hydrogens (tertiary/aromatic N) is 1. The molecule has 1 aliphatic heterocycles. The highest BCUT2D eigenvalue weighted by Gasteiger charge is 2.41. The number of carboxylic acids is 1. The van der Waals surface area contributed by atoms with Crippen molar-refractivity contribution in [1.29, 1.82) is 0 Å². The van der Waals surface area contributed by atoms with Gasteiger partial charge in [-0.15, -0.1) is 0 Å². The zero-order chi connectivity index (χ0) is 16.0. The Morgan fingerprint density at radius 3 is 2.52 bits per heavy atom. The predicted octanol–water partition coefficient (Wildman–Crippen LogP) is 0.241. The lowest BCUT2D eigenvalue weighted by atomic mass is 9.91. The van der Waals surface area contributed by atoms with E-state index >= 15 is 0 Å². The molecule has 1 aliphatic rings. The third-order valence-corrected chi connectivity index (χ3v) is 4.13. The standard InChI is InChI=1S/C14H24N2O5/c1-4-14(5-2,13(19)20)15-12(18)10-8-11(17)16(9-10)6-7-21-3/h10H,4-9H2,1-3H3,(H,15,18)(H,19,20). The van der Waals surface area contributed by atoms with E-state index in [0.29, 0.717) is 32.5 Å². The molecule has 0 aromatic rings. The summed E-state index contributed by atoms with van der Waals surface area (Å²) in [5.41, 5.74) is -1.25. The summed E-state index contributed by atoms with van der Waals surface area (Å²) in [5.74, 6) is -2.00. The number of amides is 2. The molecule has 0 aliphatic carbocycles. The first-order valence-corrected chi connectivity index (χ1v) is 7.22. The molecule has 0 saturated carbocycles. The first kappa shape index (κ1) is 17.4. The van der Waals surface area contributed by atoms with Crippen molar-refractivity contribution < 1.29 is 24.2 Å². The Labute approximate surface area is 124 Å². The largest absolute Gasteiger partial charge is 0.480 e. The SMILES string of the molecule is CCC(CC)(NC(=O)C1CC(=O)N(CCOC)C1)C(=O)O. The average molecular weight is 300 g/mol. The van der Waals surface area contributed by atoms with Crippen molar-refractivity contribution in [2.45, 2.75) is 38.6 Å². The minimum atomic E-state index is -1.25. The average Bonchev–Trinajstić information content (AvgIpc) is 2.83. The van der Waals surface area contributed by atoms with Crippen molar-refractivity contribution in [3.63, 3.8) is 0 Å². The molecule has 2 N–H and O–H groups in total. The number of rotatable bonds is 8. The molecule has 7 heteroatoms. The number of hydrogen-bond donors (Lipinski definition) is 2. The minimum absolute atomic E-state index is 0.0962. The van der Waals surface area contributed by atoms with Gasteiger partial charge in [-0.05, 0) is 12.8 Å². The van der Waals surface area contributed by atoms with Gasteiger partial charge in [0.15, 0.2) is 0 Å². The van der Waals surface area contributed by atoms with E-state index in [1.165, 1.54) is 0 Å². The van der Waals surface area contributed by atoms with Gasteiger partial charge < -0.3 is 20.1 Å². The van der Waals surface area contributed by atoms with Crippen LogP contribution < -0.4 is 5.32 Å². The minimum Gasteiger partial charge on any atom is -0.480 e. The maximum atomic E-state index is 12.3. The van der Waals surface area contributed by atoms with Gasteiger partial charge in [-0.25, -0.2) is 4.79 Å². The summed E-state index contributed by atoms with van der Waals surface area (Å²) in [6, 6.07) is 0. The number of carboxylic acid groups (broad SMARTS) is 1. The van der Waals surface area contributed by atoms with Crippen LogP contribution in [0.15, 0.2) is 0 Å². The van der Waals surface area contributed by atoms with Gasteiger partial charge in [-0.3, -0.25) is 9.59 Å². The number of likely N-dealkylation sites (tertiary alicyclic amines) is 1. The molecule has 1 saturated heterocycles. The lowest BCUT2D eigenvalue weighted by molar-refractivity contribution is -0.148. The Morgan fingerprint density at radius 2 is 2.05 bits per heavy atom.